The minimum atomic E-state index is -0.218. The van der Waals surface area contributed by atoms with Crippen LogP contribution >= 0.6 is 0 Å². The van der Waals surface area contributed by atoms with Crippen LogP contribution in [-0.2, 0) is 11.3 Å². The average molecular weight is 319 g/mol. The Hall–Kier alpha value is -1.46. The average Bonchev–Trinajstić information content (AvgIpc) is 2.98. The third-order valence-electron chi connectivity index (χ3n) is 4.94. The van der Waals surface area contributed by atoms with Crippen LogP contribution in [0.5, 0.6) is 0 Å². The number of benzene rings is 1. The van der Waals surface area contributed by atoms with Gasteiger partial charge in [-0.1, -0.05) is 12.1 Å². The monoisotopic (exact) mass is 319 g/mol. The van der Waals surface area contributed by atoms with E-state index in [0.717, 1.165) is 44.3 Å². The fraction of sp³-hybridized carbons (Fsp3) is 0.611. The Kier molecular flexibility index (Phi) is 5.28. The quantitative estimate of drug-likeness (QED) is 0.893. The molecule has 2 fully saturated rings. The number of hydrogen-bond donors (Lipinski definition) is 2. The smallest absolute Gasteiger partial charge is 0.237 e. The third kappa shape index (κ3) is 4.30. The molecule has 1 aromatic carbocycles. The maximum atomic E-state index is 13.0. The fourth-order valence-electron chi connectivity index (χ4n) is 3.70. The highest BCUT2D eigenvalue weighted by atomic mass is 19.1. The highest BCUT2D eigenvalue weighted by Gasteiger charge is 2.32. The minimum absolute atomic E-state index is 0.0507. The van der Waals surface area contributed by atoms with Gasteiger partial charge in [-0.15, -0.1) is 0 Å². The lowest BCUT2D eigenvalue weighted by atomic mass is 10.00. The van der Waals surface area contributed by atoms with Crippen LogP contribution in [0.3, 0.4) is 0 Å². The van der Waals surface area contributed by atoms with Crippen molar-refractivity contribution < 1.29 is 9.18 Å². The summed E-state index contributed by atoms with van der Waals surface area (Å²) >= 11 is 0. The lowest BCUT2D eigenvalue weighted by Gasteiger charge is -2.31. The summed E-state index contributed by atoms with van der Waals surface area (Å²) in [7, 11) is 0. The molecule has 0 spiro atoms. The maximum Gasteiger partial charge on any atom is 0.237 e. The molecule has 2 saturated heterocycles. The molecule has 0 aromatic heterocycles. The molecular weight excluding hydrogens is 293 g/mol. The predicted octanol–water partition coefficient (Wildman–Crippen LogP) is 2.05. The van der Waals surface area contributed by atoms with Gasteiger partial charge in [0.25, 0.3) is 0 Å². The van der Waals surface area contributed by atoms with Gasteiger partial charge in [0.05, 0.1) is 6.04 Å². The van der Waals surface area contributed by atoms with Crippen molar-refractivity contribution in [2.75, 3.05) is 13.1 Å². The first-order valence-electron chi connectivity index (χ1n) is 8.64. The number of carbonyl (C=O) groups is 1. The Morgan fingerprint density at radius 1 is 1.35 bits per heavy atom. The lowest BCUT2D eigenvalue weighted by Crippen LogP contribution is -2.51. The standard InChI is InChI=1S/C18H26FN3O/c1-13-11-16(8-9-20-13)21-18(23)17-3-2-10-22(17)12-14-4-6-15(19)7-5-14/h4-7,13,16-17,20H,2-3,8-12H2,1H3,(H,21,23). The number of nitrogens with zero attached hydrogens (tertiary/aromatic N) is 1. The summed E-state index contributed by atoms with van der Waals surface area (Å²) in [6.45, 7) is 4.77. The molecule has 2 aliphatic rings. The van der Waals surface area contributed by atoms with E-state index in [0.29, 0.717) is 12.6 Å². The minimum Gasteiger partial charge on any atom is -0.352 e. The van der Waals surface area contributed by atoms with Gasteiger partial charge in [-0.05, 0) is 63.4 Å². The number of likely N-dealkylation sites (tertiary alicyclic amines) is 1. The summed E-state index contributed by atoms with van der Waals surface area (Å²) in [5.74, 6) is -0.0618. The Morgan fingerprint density at radius 2 is 2.13 bits per heavy atom. The van der Waals surface area contributed by atoms with E-state index in [1.165, 1.54) is 12.1 Å². The van der Waals surface area contributed by atoms with Gasteiger partial charge in [-0.2, -0.15) is 0 Å². The van der Waals surface area contributed by atoms with Gasteiger partial charge < -0.3 is 10.6 Å². The first-order chi connectivity index (χ1) is 11.1. The van der Waals surface area contributed by atoms with Gasteiger partial charge >= 0.3 is 0 Å². The van der Waals surface area contributed by atoms with Crippen LogP contribution in [0.2, 0.25) is 0 Å². The molecule has 3 rings (SSSR count). The largest absolute Gasteiger partial charge is 0.352 e. The molecule has 1 amide bonds. The molecule has 0 radical (unpaired) electrons. The highest BCUT2D eigenvalue weighted by molar-refractivity contribution is 5.82. The molecule has 0 aliphatic carbocycles. The summed E-state index contributed by atoms with van der Waals surface area (Å²) in [6.07, 6.45) is 3.95. The molecule has 1 aromatic rings. The van der Waals surface area contributed by atoms with Crippen molar-refractivity contribution in [1.29, 1.82) is 0 Å². The van der Waals surface area contributed by atoms with Crippen LogP contribution in [0.1, 0.15) is 38.2 Å². The topological polar surface area (TPSA) is 44.4 Å². The van der Waals surface area contributed by atoms with Crippen molar-refractivity contribution in [3.63, 3.8) is 0 Å². The SMILES string of the molecule is CC1CC(NC(=O)C2CCCN2Cc2ccc(F)cc2)CCN1. The third-order valence-corrected chi connectivity index (χ3v) is 4.94. The molecular formula is C18H26FN3O. The summed E-state index contributed by atoms with van der Waals surface area (Å²) in [5.41, 5.74) is 1.06. The van der Waals surface area contributed by atoms with Crippen molar-refractivity contribution >= 4 is 5.91 Å². The van der Waals surface area contributed by atoms with E-state index in [9.17, 15) is 9.18 Å². The first kappa shape index (κ1) is 16.4. The van der Waals surface area contributed by atoms with Crippen LogP contribution in [-0.4, -0.2) is 42.0 Å². The Morgan fingerprint density at radius 3 is 2.87 bits per heavy atom. The van der Waals surface area contributed by atoms with Crippen LogP contribution in [0.25, 0.3) is 0 Å². The molecule has 126 valence electrons. The molecule has 3 atom stereocenters. The molecule has 2 aliphatic heterocycles. The van der Waals surface area contributed by atoms with E-state index < -0.39 is 0 Å². The Bertz CT molecular complexity index is 534. The maximum absolute atomic E-state index is 13.0. The number of rotatable bonds is 4. The second kappa shape index (κ2) is 7.41. The normalized spacial score (nSPS) is 28.7. The van der Waals surface area contributed by atoms with Crippen molar-refractivity contribution in [1.82, 2.24) is 15.5 Å². The zero-order valence-corrected chi connectivity index (χ0v) is 13.7. The molecule has 0 bridgehead atoms. The van der Waals surface area contributed by atoms with E-state index >= 15 is 0 Å². The summed E-state index contributed by atoms with van der Waals surface area (Å²) in [6, 6.07) is 7.27. The molecule has 23 heavy (non-hydrogen) atoms. The van der Waals surface area contributed by atoms with Crippen molar-refractivity contribution in [2.45, 2.75) is 57.3 Å². The second-order valence-corrected chi connectivity index (χ2v) is 6.84. The number of hydrogen-bond acceptors (Lipinski definition) is 3. The van der Waals surface area contributed by atoms with Crippen LogP contribution in [0.4, 0.5) is 4.39 Å². The van der Waals surface area contributed by atoms with E-state index in [4.69, 9.17) is 0 Å². The van der Waals surface area contributed by atoms with Gasteiger partial charge in [0.2, 0.25) is 5.91 Å². The Balaban J connectivity index is 1.57. The number of halogens is 1. The molecule has 2 N–H and O–H groups in total. The summed E-state index contributed by atoms with van der Waals surface area (Å²) in [4.78, 5) is 14.9. The van der Waals surface area contributed by atoms with Gasteiger partial charge in [0, 0.05) is 18.6 Å². The van der Waals surface area contributed by atoms with Crippen molar-refractivity contribution in [3.05, 3.63) is 35.6 Å². The summed E-state index contributed by atoms with van der Waals surface area (Å²) in [5, 5.41) is 6.64. The van der Waals surface area contributed by atoms with Crippen LogP contribution in [0, 0.1) is 5.82 Å². The van der Waals surface area contributed by atoms with Crippen molar-refractivity contribution in [2.24, 2.45) is 0 Å². The molecule has 5 heteroatoms. The molecule has 0 saturated carbocycles. The predicted molar refractivity (Wildman–Crippen MR) is 88.5 cm³/mol. The lowest BCUT2D eigenvalue weighted by molar-refractivity contribution is -0.126. The van der Waals surface area contributed by atoms with Crippen LogP contribution < -0.4 is 10.6 Å². The van der Waals surface area contributed by atoms with E-state index in [1.807, 2.05) is 0 Å². The van der Waals surface area contributed by atoms with Gasteiger partial charge in [0.1, 0.15) is 5.82 Å². The van der Waals surface area contributed by atoms with Crippen LogP contribution in [0.15, 0.2) is 24.3 Å². The summed E-state index contributed by atoms with van der Waals surface area (Å²) < 4.78 is 13.0. The number of piperidine rings is 1. The molecule has 3 unspecified atom stereocenters. The molecule has 2 heterocycles. The van der Waals surface area contributed by atoms with E-state index in [2.05, 4.69) is 22.5 Å². The van der Waals surface area contributed by atoms with Gasteiger partial charge in [0.15, 0.2) is 0 Å². The fourth-order valence-corrected chi connectivity index (χ4v) is 3.70. The van der Waals surface area contributed by atoms with Gasteiger partial charge in [-0.25, -0.2) is 4.39 Å². The first-order valence-corrected chi connectivity index (χ1v) is 8.64. The number of carbonyl (C=O) groups excluding carboxylic acids is 1. The van der Waals surface area contributed by atoms with E-state index in [-0.39, 0.29) is 23.8 Å². The highest BCUT2D eigenvalue weighted by Crippen LogP contribution is 2.21. The second-order valence-electron chi connectivity index (χ2n) is 6.84. The van der Waals surface area contributed by atoms with Gasteiger partial charge in [-0.3, -0.25) is 9.69 Å². The Labute approximate surface area is 137 Å². The number of amides is 1. The zero-order chi connectivity index (χ0) is 16.2. The van der Waals surface area contributed by atoms with E-state index in [1.54, 1.807) is 12.1 Å². The molecule has 4 nitrogen and oxygen atoms in total. The zero-order valence-electron chi connectivity index (χ0n) is 13.7. The number of nitrogens with one attached hydrogen (secondary N) is 2. The van der Waals surface area contributed by atoms with Crippen molar-refractivity contribution in [3.8, 4) is 0 Å².